The van der Waals surface area contributed by atoms with E-state index < -0.39 is 0 Å². The molecule has 1 atom stereocenters. The normalized spacial score (nSPS) is 20.3. The fraction of sp³-hybridized carbons (Fsp3) is 0.600. The Bertz CT molecular complexity index is 498. The van der Waals surface area contributed by atoms with E-state index in [2.05, 4.69) is 17.2 Å². The molecule has 1 unspecified atom stereocenters. The lowest BCUT2D eigenvalue weighted by molar-refractivity contribution is 0.0777. The third-order valence-corrected chi connectivity index (χ3v) is 3.80. The first-order valence-corrected chi connectivity index (χ1v) is 7.16. The van der Waals surface area contributed by atoms with E-state index in [1.807, 2.05) is 24.8 Å². The number of hydrogen-bond acceptors (Lipinski definition) is 4. The maximum Gasteiger partial charge on any atom is 0.257 e. The van der Waals surface area contributed by atoms with Crippen molar-refractivity contribution in [3.05, 3.63) is 23.9 Å². The fourth-order valence-electron chi connectivity index (χ4n) is 2.50. The first-order valence-electron chi connectivity index (χ1n) is 7.16. The number of aromatic nitrogens is 1. The van der Waals surface area contributed by atoms with Crippen molar-refractivity contribution in [3.63, 3.8) is 0 Å². The number of carbonyl (C=O) groups excluding carboxylic acids is 1. The Morgan fingerprint density at radius 2 is 2.18 bits per heavy atom. The van der Waals surface area contributed by atoms with E-state index in [0.29, 0.717) is 17.9 Å². The molecule has 0 aromatic carbocycles. The molecule has 1 aliphatic heterocycles. The Morgan fingerprint density at radius 1 is 1.50 bits per heavy atom. The molecule has 0 spiro atoms. The van der Waals surface area contributed by atoms with Gasteiger partial charge in [0.15, 0.2) is 0 Å². The van der Waals surface area contributed by atoms with Crippen LogP contribution in [0.3, 0.4) is 0 Å². The number of nitrogens with two attached hydrogens (primary N) is 1. The molecule has 5 nitrogen and oxygen atoms in total. The minimum Gasteiger partial charge on any atom is -0.367 e. The lowest BCUT2D eigenvalue weighted by Crippen LogP contribution is -2.35. The Morgan fingerprint density at radius 3 is 2.73 bits per heavy atom. The molecule has 2 heterocycles. The molecule has 1 aliphatic rings. The summed E-state index contributed by atoms with van der Waals surface area (Å²) in [5.41, 5.74) is 6.49. The SMILES string of the molecule is CC(C)Nc1ncccc1C(=O)N1CCC(C)(CN)C1.Cl.Cl. The Kier molecular flexibility index (Phi) is 8.15. The topological polar surface area (TPSA) is 71.2 Å². The molecule has 1 fully saturated rings. The number of rotatable bonds is 4. The van der Waals surface area contributed by atoms with E-state index in [9.17, 15) is 4.79 Å². The van der Waals surface area contributed by atoms with E-state index in [0.717, 1.165) is 19.5 Å². The number of nitrogens with zero attached hydrogens (tertiary/aromatic N) is 2. The van der Waals surface area contributed by atoms with Crippen LogP contribution >= 0.6 is 24.8 Å². The highest BCUT2D eigenvalue weighted by Crippen LogP contribution is 2.30. The average Bonchev–Trinajstić information content (AvgIpc) is 2.81. The zero-order chi connectivity index (χ0) is 14.8. The van der Waals surface area contributed by atoms with Crippen LogP contribution in [0.15, 0.2) is 18.3 Å². The van der Waals surface area contributed by atoms with Gasteiger partial charge in [-0.25, -0.2) is 4.98 Å². The molecule has 0 radical (unpaired) electrons. The van der Waals surface area contributed by atoms with Crippen molar-refractivity contribution >= 4 is 36.5 Å². The Hall–Kier alpha value is -1.04. The van der Waals surface area contributed by atoms with Gasteiger partial charge in [-0.2, -0.15) is 0 Å². The number of hydrogen-bond donors (Lipinski definition) is 2. The predicted octanol–water partition coefficient (Wildman–Crippen LogP) is 2.56. The molecule has 1 saturated heterocycles. The second-order valence-corrected chi connectivity index (χ2v) is 6.19. The van der Waals surface area contributed by atoms with Gasteiger partial charge >= 0.3 is 0 Å². The van der Waals surface area contributed by atoms with Crippen molar-refractivity contribution in [2.45, 2.75) is 33.2 Å². The van der Waals surface area contributed by atoms with Crippen LogP contribution in [0.25, 0.3) is 0 Å². The van der Waals surface area contributed by atoms with Gasteiger partial charge in [-0.05, 0) is 44.4 Å². The van der Waals surface area contributed by atoms with Crippen LogP contribution < -0.4 is 11.1 Å². The van der Waals surface area contributed by atoms with Crippen LogP contribution in [0.4, 0.5) is 5.82 Å². The predicted molar refractivity (Wildman–Crippen MR) is 95.2 cm³/mol. The highest BCUT2D eigenvalue weighted by molar-refractivity contribution is 5.98. The first kappa shape index (κ1) is 21.0. The first-order chi connectivity index (χ1) is 9.45. The zero-order valence-electron chi connectivity index (χ0n) is 13.3. The van der Waals surface area contributed by atoms with E-state index >= 15 is 0 Å². The summed E-state index contributed by atoms with van der Waals surface area (Å²) in [4.78, 5) is 18.8. The van der Waals surface area contributed by atoms with Crippen molar-refractivity contribution in [2.24, 2.45) is 11.1 Å². The second-order valence-electron chi connectivity index (χ2n) is 6.19. The molecular formula is C15H26Cl2N4O. The van der Waals surface area contributed by atoms with E-state index in [4.69, 9.17) is 5.73 Å². The molecule has 126 valence electrons. The van der Waals surface area contributed by atoms with E-state index in [-0.39, 0.29) is 42.2 Å². The summed E-state index contributed by atoms with van der Waals surface area (Å²) in [6.45, 7) is 8.30. The number of carbonyl (C=O) groups is 1. The second kappa shape index (κ2) is 8.56. The molecule has 22 heavy (non-hydrogen) atoms. The van der Waals surface area contributed by atoms with Gasteiger partial charge in [0.1, 0.15) is 5.82 Å². The van der Waals surface area contributed by atoms with Crippen LogP contribution in [0.2, 0.25) is 0 Å². The minimum atomic E-state index is 0. The number of nitrogens with one attached hydrogen (secondary N) is 1. The molecule has 1 aromatic rings. The summed E-state index contributed by atoms with van der Waals surface area (Å²) < 4.78 is 0. The third kappa shape index (κ3) is 4.73. The Balaban J connectivity index is 0.00000220. The molecule has 3 N–H and O–H groups in total. The molecule has 0 aliphatic carbocycles. The van der Waals surface area contributed by atoms with Crippen molar-refractivity contribution in [1.82, 2.24) is 9.88 Å². The van der Waals surface area contributed by atoms with Gasteiger partial charge in [0.25, 0.3) is 5.91 Å². The van der Waals surface area contributed by atoms with Crippen molar-refractivity contribution in [2.75, 3.05) is 25.0 Å². The molecular weight excluding hydrogens is 323 g/mol. The summed E-state index contributed by atoms with van der Waals surface area (Å²) in [5, 5.41) is 3.23. The van der Waals surface area contributed by atoms with Crippen LogP contribution in [-0.4, -0.2) is 41.5 Å². The van der Waals surface area contributed by atoms with Crippen molar-refractivity contribution < 1.29 is 4.79 Å². The summed E-state index contributed by atoms with van der Waals surface area (Å²) in [5.74, 6) is 0.701. The highest BCUT2D eigenvalue weighted by Gasteiger charge is 2.35. The van der Waals surface area contributed by atoms with Crippen molar-refractivity contribution in [3.8, 4) is 0 Å². The maximum absolute atomic E-state index is 12.7. The van der Waals surface area contributed by atoms with Gasteiger partial charge in [-0.1, -0.05) is 6.92 Å². The van der Waals surface area contributed by atoms with Crippen LogP contribution in [-0.2, 0) is 0 Å². The summed E-state index contributed by atoms with van der Waals surface area (Å²) >= 11 is 0. The van der Waals surface area contributed by atoms with Gasteiger partial charge in [0, 0.05) is 25.3 Å². The van der Waals surface area contributed by atoms with E-state index in [1.54, 1.807) is 12.3 Å². The molecule has 0 saturated carbocycles. The highest BCUT2D eigenvalue weighted by atomic mass is 35.5. The van der Waals surface area contributed by atoms with Crippen LogP contribution in [0, 0.1) is 5.41 Å². The standard InChI is InChI=1S/C15H24N4O.2ClH/c1-11(2)18-13-12(5-4-7-17-13)14(20)19-8-6-15(3,9-16)10-19;;/h4-5,7,11H,6,8-10,16H2,1-3H3,(H,17,18);2*1H. The summed E-state index contributed by atoms with van der Waals surface area (Å²) in [7, 11) is 0. The van der Waals surface area contributed by atoms with Gasteiger partial charge < -0.3 is 16.0 Å². The zero-order valence-corrected chi connectivity index (χ0v) is 15.0. The summed E-state index contributed by atoms with van der Waals surface area (Å²) in [6, 6.07) is 3.87. The van der Waals surface area contributed by atoms with E-state index in [1.165, 1.54) is 0 Å². The third-order valence-electron chi connectivity index (χ3n) is 3.80. The number of pyridine rings is 1. The largest absolute Gasteiger partial charge is 0.367 e. The number of amides is 1. The molecule has 2 rings (SSSR count). The number of likely N-dealkylation sites (tertiary alicyclic amines) is 1. The molecule has 1 aromatic heterocycles. The van der Waals surface area contributed by atoms with Gasteiger partial charge in [0.2, 0.25) is 0 Å². The molecule has 0 bridgehead atoms. The van der Waals surface area contributed by atoms with Crippen LogP contribution in [0.5, 0.6) is 0 Å². The lowest BCUT2D eigenvalue weighted by Gasteiger charge is -2.23. The average molecular weight is 349 g/mol. The van der Waals surface area contributed by atoms with Gasteiger partial charge in [0.05, 0.1) is 5.56 Å². The minimum absolute atomic E-state index is 0. The Labute approximate surface area is 144 Å². The lowest BCUT2D eigenvalue weighted by atomic mass is 9.90. The maximum atomic E-state index is 12.7. The fourth-order valence-corrected chi connectivity index (χ4v) is 2.50. The van der Waals surface area contributed by atoms with Crippen molar-refractivity contribution in [1.29, 1.82) is 0 Å². The number of halogens is 2. The summed E-state index contributed by atoms with van der Waals surface area (Å²) in [6.07, 6.45) is 2.66. The smallest absolute Gasteiger partial charge is 0.257 e. The monoisotopic (exact) mass is 348 g/mol. The van der Waals surface area contributed by atoms with Gasteiger partial charge in [-0.15, -0.1) is 24.8 Å². The molecule has 1 amide bonds. The van der Waals surface area contributed by atoms with Gasteiger partial charge in [-0.3, -0.25) is 4.79 Å². The quantitative estimate of drug-likeness (QED) is 0.876. The van der Waals surface area contributed by atoms with Crippen LogP contribution in [0.1, 0.15) is 37.6 Å². The number of anilines is 1. The molecule has 7 heteroatoms.